The van der Waals surface area contributed by atoms with E-state index in [9.17, 15) is 0 Å². The number of hydrazine groups is 2. The molecule has 0 radical (unpaired) electrons. The van der Waals surface area contributed by atoms with Crippen LogP contribution in [0.25, 0.3) is 11.3 Å². The molecule has 0 fully saturated rings. The number of fused-ring (bicyclic) bond motifs is 3. The van der Waals surface area contributed by atoms with Gasteiger partial charge < -0.3 is 20.8 Å². The van der Waals surface area contributed by atoms with E-state index in [1.165, 1.54) is 28.0 Å². The second kappa shape index (κ2) is 8.05. The normalized spacial score (nSPS) is 20.7. The number of para-hydroxylation sites is 2. The van der Waals surface area contributed by atoms with Crippen molar-refractivity contribution < 1.29 is 4.74 Å². The molecule has 0 saturated carbocycles. The van der Waals surface area contributed by atoms with Gasteiger partial charge in [-0.1, -0.05) is 30.3 Å². The number of nitrogens with zero attached hydrogens (tertiary/aromatic N) is 1. The second-order valence-electron chi connectivity index (χ2n) is 8.03. The van der Waals surface area contributed by atoms with Crippen molar-refractivity contribution in [3.05, 3.63) is 70.9 Å². The van der Waals surface area contributed by atoms with Crippen molar-refractivity contribution in [2.24, 2.45) is 0 Å². The lowest BCUT2D eigenvalue weighted by Gasteiger charge is -2.23. The van der Waals surface area contributed by atoms with Crippen LogP contribution in [-0.2, 0) is 0 Å². The highest BCUT2D eigenvalue weighted by Crippen LogP contribution is 2.39. The van der Waals surface area contributed by atoms with Crippen LogP contribution in [0.3, 0.4) is 0 Å². The lowest BCUT2D eigenvalue weighted by molar-refractivity contribution is 0.281. The number of hydrogen-bond acceptors (Lipinski definition) is 6. The molecule has 30 heavy (non-hydrogen) atoms. The highest BCUT2D eigenvalue weighted by molar-refractivity contribution is 5.76. The van der Waals surface area contributed by atoms with Crippen molar-refractivity contribution in [2.75, 3.05) is 32.1 Å². The summed E-state index contributed by atoms with van der Waals surface area (Å²) < 4.78 is 5.60. The fraction of sp³-hybridized carbons (Fsp3) is 0.333. The smallest absolute Gasteiger partial charge is 0.141 e. The van der Waals surface area contributed by atoms with Crippen molar-refractivity contribution in [3.63, 3.8) is 0 Å². The average Bonchev–Trinajstić information content (AvgIpc) is 3.09. The lowest BCUT2D eigenvalue weighted by Crippen LogP contribution is -2.37. The van der Waals surface area contributed by atoms with Crippen molar-refractivity contribution in [2.45, 2.75) is 25.8 Å². The molecular weight excluding hydrogens is 374 g/mol. The summed E-state index contributed by atoms with van der Waals surface area (Å²) in [4.78, 5) is 0. The van der Waals surface area contributed by atoms with Crippen LogP contribution in [0.4, 0.5) is 5.69 Å². The summed E-state index contributed by atoms with van der Waals surface area (Å²) in [6, 6.07) is 15.3. The van der Waals surface area contributed by atoms with Crippen molar-refractivity contribution in [1.82, 2.24) is 21.3 Å². The Morgan fingerprint density at radius 2 is 2.07 bits per heavy atom. The summed E-state index contributed by atoms with van der Waals surface area (Å²) in [5, 5.41) is 9.41. The molecule has 2 aromatic rings. The highest BCUT2D eigenvalue weighted by Gasteiger charge is 2.30. The van der Waals surface area contributed by atoms with Gasteiger partial charge in [-0.3, -0.25) is 5.01 Å². The van der Waals surface area contributed by atoms with Gasteiger partial charge in [-0.05, 0) is 61.2 Å². The summed E-state index contributed by atoms with van der Waals surface area (Å²) in [5.41, 5.74) is 15.4. The Bertz CT molecular complexity index is 1010. The molecule has 3 heterocycles. The summed E-state index contributed by atoms with van der Waals surface area (Å²) in [7, 11) is 1.73. The fourth-order valence-electron chi connectivity index (χ4n) is 4.65. The van der Waals surface area contributed by atoms with Crippen LogP contribution in [-0.4, -0.2) is 31.8 Å². The number of hydrogen-bond donors (Lipinski definition) is 4. The van der Waals surface area contributed by atoms with Crippen LogP contribution < -0.4 is 26.3 Å². The zero-order valence-electron chi connectivity index (χ0n) is 17.6. The molecule has 5 rings (SSSR count). The third kappa shape index (κ3) is 3.42. The van der Waals surface area contributed by atoms with E-state index in [1.54, 1.807) is 7.11 Å². The van der Waals surface area contributed by atoms with Gasteiger partial charge in [0.1, 0.15) is 5.75 Å². The van der Waals surface area contributed by atoms with Crippen LogP contribution in [0.1, 0.15) is 42.5 Å². The molecule has 3 aliphatic heterocycles. The Kier molecular flexibility index (Phi) is 5.11. The van der Waals surface area contributed by atoms with Gasteiger partial charge in [-0.25, -0.2) is 0 Å². The van der Waals surface area contributed by atoms with Crippen LogP contribution in [0.15, 0.2) is 54.2 Å². The minimum absolute atomic E-state index is 0.186. The lowest BCUT2D eigenvalue weighted by atomic mass is 9.91. The molecule has 1 atom stereocenters. The third-order valence-corrected chi connectivity index (χ3v) is 6.20. The van der Waals surface area contributed by atoms with Gasteiger partial charge in [0.2, 0.25) is 0 Å². The van der Waals surface area contributed by atoms with Gasteiger partial charge in [-0.2, -0.15) is 0 Å². The Morgan fingerprint density at radius 1 is 1.17 bits per heavy atom. The average molecular weight is 404 g/mol. The molecule has 0 bridgehead atoms. The Labute approximate surface area is 177 Å². The quantitative estimate of drug-likeness (QED) is 0.625. The SMILES string of the molecule is COc1ccccc1NC1CCN2NNC(C)=C2c2ccc(C3=CCNCC3)cc21. The van der Waals surface area contributed by atoms with Crippen LogP contribution in [0.2, 0.25) is 0 Å². The van der Waals surface area contributed by atoms with E-state index in [1.807, 2.05) is 12.1 Å². The first kappa shape index (κ1) is 19.0. The number of nitrogens with one attached hydrogen (secondary N) is 4. The summed E-state index contributed by atoms with van der Waals surface area (Å²) in [5.74, 6) is 0.871. The van der Waals surface area contributed by atoms with Crippen molar-refractivity contribution in [1.29, 1.82) is 0 Å². The number of methoxy groups -OCH3 is 1. The van der Waals surface area contributed by atoms with E-state index < -0.39 is 0 Å². The molecule has 0 spiro atoms. The fourth-order valence-corrected chi connectivity index (χ4v) is 4.65. The molecule has 0 aromatic heterocycles. The van der Waals surface area contributed by atoms with Crippen LogP contribution >= 0.6 is 0 Å². The number of rotatable bonds is 4. The first-order valence-corrected chi connectivity index (χ1v) is 10.7. The molecule has 6 heteroatoms. The molecule has 2 aromatic carbocycles. The second-order valence-corrected chi connectivity index (χ2v) is 8.03. The molecule has 4 N–H and O–H groups in total. The van der Waals surface area contributed by atoms with E-state index in [0.29, 0.717) is 0 Å². The zero-order valence-corrected chi connectivity index (χ0v) is 17.6. The maximum atomic E-state index is 5.60. The van der Waals surface area contributed by atoms with Crippen LogP contribution in [0, 0.1) is 0 Å². The molecule has 6 nitrogen and oxygen atoms in total. The van der Waals surface area contributed by atoms with Gasteiger partial charge in [0.15, 0.2) is 0 Å². The van der Waals surface area contributed by atoms with Crippen molar-refractivity contribution >= 4 is 17.0 Å². The number of benzene rings is 2. The van der Waals surface area contributed by atoms with E-state index in [0.717, 1.165) is 49.6 Å². The first-order valence-electron chi connectivity index (χ1n) is 10.7. The van der Waals surface area contributed by atoms with E-state index in [4.69, 9.17) is 4.74 Å². The predicted molar refractivity (Wildman–Crippen MR) is 121 cm³/mol. The first-order chi connectivity index (χ1) is 14.7. The largest absolute Gasteiger partial charge is 0.495 e. The molecule has 3 aliphatic rings. The summed E-state index contributed by atoms with van der Waals surface area (Å²) >= 11 is 0. The number of allylic oxidation sites excluding steroid dienone is 1. The molecular formula is C24H29N5O. The number of ether oxygens (including phenoxy) is 1. The van der Waals surface area contributed by atoms with Gasteiger partial charge in [0.25, 0.3) is 0 Å². The number of anilines is 1. The third-order valence-electron chi connectivity index (χ3n) is 6.20. The van der Waals surface area contributed by atoms with E-state index in [2.05, 4.69) is 69.9 Å². The van der Waals surface area contributed by atoms with E-state index in [-0.39, 0.29) is 6.04 Å². The van der Waals surface area contributed by atoms with Crippen LogP contribution in [0.5, 0.6) is 5.75 Å². The maximum Gasteiger partial charge on any atom is 0.141 e. The highest BCUT2D eigenvalue weighted by atomic mass is 16.5. The standard InChI is InChI=1S/C24H29N5O/c1-16-24-19-8-7-18(17-9-12-25-13-10-17)15-20(19)21(11-14-29(24)28-27-16)26-22-5-3-4-6-23(22)30-2/h3-9,15,21,25-28H,10-14H2,1-2H3. The van der Waals surface area contributed by atoms with Crippen molar-refractivity contribution in [3.8, 4) is 5.75 Å². The molecule has 0 amide bonds. The van der Waals surface area contributed by atoms with Gasteiger partial charge in [-0.15, -0.1) is 5.53 Å². The Morgan fingerprint density at radius 3 is 2.90 bits per heavy atom. The minimum atomic E-state index is 0.186. The maximum absolute atomic E-state index is 5.60. The Balaban J connectivity index is 1.59. The molecule has 0 saturated heterocycles. The Hall–Kier alpha value is -2.96. The predicted octanol–water partition coefficient (Wildman–Crippen LogP) is 3.64. The summed E-state index contributed by atoms with van der Waals surface area (Å²) in [6.07, 6.45) is 4.36. The molecule has 0 aliphatic carbocycles. The minimum Gasteiger partial charge on any atom is -0.495 e. The van der Waals surface area contributed by atoms with Gasteiger partial charge >= 0.3 is 0 Å². The van der Waals surface area contributed by atoms with Gasteiger partial charge in [0.05, 0.1) is 30.2 Å². The zero-order chi connectivity index (χ0) is 20.5. The molecule has 156 valence electrons. The topological polar surface area (TPSA) is 60.6 Å². The van der Waals surface area contributed by atoms with Gasteiger partial charge in [0, 0.05) is 18.7 Å². The molecule has 1 unspecified atom stereocenters. The van der Waals surface area contributed by atoms with E-state index >= 15 is 0 Å². The monoisotopic (exact) mass is 403 g/mol. The summed E-state index contributed by atoms with van der Waals surface area (Å²) in [6.45, 7) is 5.02.